The van der Waals surface area contributed by atoms with Crippen molar-refractivity contribution in [2.75, 3.05) is 6.61 Å². The van der Waals surface area contributed by atoms with Gasteiger partial charge in [-0.25, -0.2) is 0 Å². The van der Waals surface area contributed by atoms with Gasteiger partial charge in [0.15, 0.2) is 18.4 Å². The van der Waals surface area contributed by atoms with Crippen LogP contribution in [-0.2, 0) is 23.7 Å². The van der Waals surface area contributed by atoms with Crippen LogP contribution in [-0.4, -0.2) is 111 Å². The topological polar surface area (TPSA) is 175 Å². The fourth-order valence-corrected chi connectivity index (χ4v) is 5.50. The summed E-state index contributed by atoms with van der Waals surface area (Å²) in [5.41, 5.74) is 0.831. The van der Waals surface area contributed by atoms with E-state index < -0.39 is 74.1 Å². The molecule has 0 aromatic heterocycles. The first-order chi connectivity index (χ1) is 16.8. The van der Waals surface area contributed by atoms with Gasteiger partial charge in [0.2, 0.25) is 0 Å². The van der Waals surface area contributed by atoms with Crippen molar-refractivity contribution in [3.05, 3.63) is 11.6 Å². The minimum Gasteiger partial charge on any atom is -0.394 e. The molecule has 2 fully saturated rings. The average Bonchev–Trinajstić information content (AvgIpc) is 2.79. The highest BCUT2D eigenvalue weighted by molar-refractivity contribution is 5.91. The molecule has 0 aromatic rings. The molecule has 11 nitrogen and oxygen atoms in total. The number of hydrogen-bond donors (Lipinski definition) is 6. The van der Waals surface area contributed by atoms with Gasteiger partial charge in [-0.2, -0.15) is 0 Å². The third-order valence-corrected chi connectivity index (χ3v) is 7.66. The molecule has 0 aromatic carbocycles. The summed E-state index contributed by atoms with van der Waals surface area (Å²) >= 11 is 0. The van der Waals surface area contributed by atoms with Crippen molar-refractivity contribution in [2.45, 2.75) is 121 Å². The van der Waals surface area contributed by atoms with Crippen LogP contribution in [0.2, 0.25) is 0 Å². The molecule has 0 bridgehead atoms. The van der Waals surface area contributed by atoms with E-state index in [0.717, 1.165) is 12.0 Å². The van der Waals surface area contributed by atoms with E-state index >= 15 is 0 Å². The van der Waals surface area contributed by atoms with Crippen molar-refractivity contribution in [3.63, 3.8) is 0 Å². The molecule has 0 unspecified atom stereocenters. The number of rotatable bonds is 8. The summed E-state index contributed by atoms with van der Waals surface area (Å²) in [5, 5.41) is 61.1. The van der Waals surface area contributed by atoms with Crippen molar-refractivity contribution in [1.29, 1.82) is 0 Å². The maximum absolute atomic E-state index is 12.0. The van der Waals surface area contributed by atoms with E-state index in [1.54, 1.807) is 6.08 Å². The summed E-state index contributed by atoms with van der Waals surface area (Å²) in [6.07, 6.45) is -10.5. The zero-order valence-corrected chi connectivity index (χ0v) is 21.6. The Morgan fingerprint density at radius 2 is 1.69 bits per heavy atom. The van der Waals surface area contributed by atoms with Gasteiger partial charge in [0.25, 0.3) is 0 Å². The molecule has 0 radical (unpaired) electrons. The minimum absolute atomic E-state index is 0.121. The quantitative estimate of drug-likeness (QED) is 0.242. The number of carbonyl (C=O) groups is 1. The summed E-state index contributed by atoms with van der Waals surface area (Å²) in [6.45, 7) is 8.83. The van der Waals surface area contributed by atoms with Crippen LogP contribution in [0.3, 0.4) is 0 Å². The summed E-state index contributed by atoms with van der Waals surface area (Å²) in [7, 11) is 0. The van der Waals surface area contributed by atoms with Gasteiger partial charge < -0.3 is 49.6 Å². The molecule has 1 aliphatic carbocycles. The Morgan fingerprint density at radius 3 is 2.31 bits per heavy atom. The van der Waals surface area contributed by atoms with Crippen molar-refractivity contribution >= 4 is 5.78 Å². The molecule has 2 heterocycles. The van der Waals surface area contributed by atoms with E-state index in [9.17, 15) is 35.4 Å². The van der Waals surface area contributed by atoms with E-state index in [1.165, 1.54) is 6.92 Å². The molecule has 0 amide bonds. The van der Waals surface area contributed by atoms with Crippen molar-refractivity contribution in [2.24, 2.45) is 11.3 Å². The van der Waals surface area contributed by atoms with Crippen LogP contribution in [0.1, 0.15) is 53.9 Å². The maximum Gasteiger partial charge on any atom is 0.187 e. The lowest BCUT2D eigenvalue weighted by Gasteiger charge is -2.46. The monoisotopic (exact) mass is 518 g/mol. The molecule has 11 heteroatoms. The largest absolute Gasteiger partial charge is 0.394 e. The van der Waals surface area contributed by atoms with Gasteiger partial charge in [-0.3, -0.25) is 4.79 Å². The van der Waals surface area contributed by atoms with Gasteiger partial charge in [-0.15, -0.1) is 0 Å². The number of aliphatic hydroxyl groups excluding tert-OH is 6. The highest BCUT2D eigenvalue weighted by Gasteiger charge is 2.50. The van der Waals surface area contributed by atoms with Crippen LogP contribution in [0.15, 0.2) is 11.6 Å². The highest BCUT2D eigenvalue weighted by Crippen LogP contribution is 2.42. The Morgan fingerprint density at radius 1 is 1.03 bits per heavy atom. The van der Waals surface area contributed by atoms with Gasteiger partial charge in [-0.1, -0.05) is 19.4 Å². The summed E-state index contributed by atoms with van der Waals surface area (Å²) < 4.78 is 23.0. The molecule has 6 N–H and O–H groups in total. The fourth-order valence-electron chi connectivity index (χ4n) is 5.50. The van der Waals surface area contributed by atoms with Crippen LogP contribution in [0, 0.1) is 11.3 Å². The Labute approximate surface area is 211 Å². The van der Waals surface area contributed by atoms with E-state index in [2.05, 4.69) is 13.8 Å². The predicted octanol–water partition coefficient (Wildman–Crippen LogP) is -0.615. The van der Waals surface area contributed by atoms with Crippen LogP contribution >= 0.6 is 0 Å². The maximum atomic E-state index is 12.0. The third-order valence-electron chi connectivity index (χ3n) is 7.66. The van der Waals surface area contributed by atoms with Crippen molar-refractivity contribution < 1.29 is 54.4 Å². The standard InChI is InChI=1S/C25H42O11/c1-11-8-14(27)9-25(4,5)15(11)7-6-12(2)33-24-22(20(31)18(29)16(10-26)35-24)36-23-21(32)19(30)17(28)13(3)34-23/h8,12-13,15-24,26,28-32H,6-7,9-10H2,1-5H3/t12-,13+,15-,16-,17+,18-,19-,20+,21-,22-,23+,24-/m1/s1. The zero-order chi connectivity index (χ0) is 26.9. The molecular formula is C25H42O11. The third kappa shape index (κ3) is 6.35. The molecule has 208 valence electrons. The first-order valence-electron chi connectivity index (χ1n) is 12.6. The lowest BCUT2D eigenvalue weighted by molar-refractivity contribution is -0.368. The first kappa shape index (κ1) is 29.6. The van der Waals surface area contributed by atoms with Gasteiger partial charge in [0.1, 0.15) is 42.7 Å². The molecule has 3 aliphatic rings. The normalized spacial score (nSPS) is 44.2. The second-order valence-corrected chi connectivity index (χ2v) is 11.1. The molecule has 0 spiro atoms. The lowest BCUT2D eigenvalue weighted by atomic mass is 9.66. The molecule has 12 atom stereocenters. The van der Waals surface area contributed by atoms with Crippen LogP contribution in [0.4, 0.5) is 0 Å². The Bertz CT molecular complexity index is 786. The molecular weight excluding hydrogens is 476 g/mol. The van der Waals surface area contributed by atoms with Crippen LogP contribution in [0.5, 0.6) is 0 Å². The van der Waals surface area contributed by atoms with Crippen molar-refractivity contribution in [1.82, 2.24) is 0 Å². The Kier molecular flexibility index (Phi) is 9.70. The second kappa shape index (κ2) is 11.8. The Hall–Kier alpha value is -0.990. The minimum atomic E-state index is -1.62. The number of ether oxygens (including phenoxy) is 4. The SMILES string of the molecule is CC1=CC(=O)CC(C)(C)[C@@H]1CC[C@@H](C)O[C@@H]1O[C@H](CO)[C@@H](O)[C@H](O)[C@H]1O[C@@H]1O[C@@H](C)[C@H](O)[C@@H](O)[C@H]1O. The van der Waals surface area contributed by atoms with E-state index in [0.29, 0.717) is 12.8 Å². The van der Waals surface area contributed by atoms with Gasteiger partial charge >= 0.3 is 0 Å². The van der Waals surface area contributed by atoms with Crippen LogP contribution in [0.25, 0.3) is 0 Å². The van der Waals surface area contributed by atoms with E-state index in [4.69, 9.17) is 18.9 Å². The molecule has 2 saturated heterocycles. The summed E-state index contributed by atoms with van der Waals surface area (Å²) in [4.78, 5) is 12.0. The highest BCUT2D eigenvalue weighted by atomic mass is 16.8. The number of carbonyl (C=O) groups excluding carboxylic acids is 1. The summed E-state index contributed by atoms with van der Waals surface area (Å²) in [5.74, 6) is 0.300. The van der Waals surface area contributed by atoms with E-state index in [-0.39, 0.29) is 17.1 Å². The molecule has 3 rings (SSSR count). The van der Waals surface area contributed by atoms with Gasteiger partial charge in [-0.05, 0) is 51.0 Å². The fraction of sp³-hybridized carbons (Fsp3) is 0.880. The first-order valence-corrected chi connectivity index (χ1v) is 12.6. The van der Waals surface area contributed by atoms with Gasteiger partial charge in [0.05, 0.1) is 18.8 Å². The number of ketones is 1. The molecule has 36 heavy (non-hydrogen) atoms. The molecule has 0 saturated carbocycles. The Balaban J connectivity index is 1.70. The average molecular weight is 519 g/mol. The predicted molar refractivity (Wildman–Crippen MR) is 125 cm³/mol. The smallest absolute Gasteiger partial charge is 0.187 e. The van der Waals surface area contributed by atoms with E-state index in [1.807, 2.05) is 13.8 Å². The number of allylic oxidation sites excluding steroid dienone is 2. The lowest BCUT2D eigenvalue weighted by Crippen LogP contribution is -2.64. The van der Waals surface area contributed by atoms with Gasteiger partial charge in [0, 0.05) is 6.42 Å². The summed E-state index contributed by atoms with van der Waals surface area (Å²) in [6, 6.07) is 0. The van der Waals surface area contributed by atoms with Crippen LogP contribution < -0.4 is 0 Å². The number of aliphatic hydroxyl groups is 6. The molecule has 2 aliphatic heterocycles. The van der Waals surface area contributed by atoms with Crippen molar-refractivity contribution in [3.8, 4) is 0 Å². The second-order valence-electron chi connectivity index (χ2n) is 11.1. The zero-order valence-electron chi connectivity index (χ0n) is 21.6. The number of hydrogen-bond acceptors (Lipinski definition) is 11.